The van der Waals surface area contributed by atoms with Gasteiger partial charge in [0.25, 0.3) is 5.91 Å². The van der Waals surface area contributed by atoms with Gasteiger partial charge in [-0.3, -0.25) is 4.79 Å². The fourth-order valence-electron chi connectivity index (χ4n) is 1.13. The Morgan fingerprint density at radius 1 is 1.41 bits per heavy atom. The van der Waals surface area contributed by atoms with Gasteiger partial charge in [-0.15, -0.1) is 0 Å². The number of halogens is 1. The molecule has 5 nitrogen and oxygen atoms in total. The highest BCUT2D eigenvalue weighted by atomic mass is 35.5. The van der Waals surface area contributed by atoms with Crippen molar-refractivity contribution in [2.75, 3.05) is 19.3 Å². The highest BCUT2D eigenvalue weighted by molar-refractivity contribution is 7.89. The van der Waals surface area contributed by atoms with Crippen LogP contribution in [0.3, 0.4) is 0 Å². The average Bonchev–Trinajstić information content (AvgIpc) is 2.28. The van der Waals surface area contributed by atoms with Crippen LogP contribution in [0.25, 0.3) is 0 Å². The van der Waals surface area contributed by atoms with Crippen molar-refractivity contribution in [3.63, 3.8) is 0 Å². The zero-order valence-electron chi connectivity index (χ0n) is 9.23. The van der Waals surface area contributed by atoms with E-state index in [0.29, 0.717) is 10.6 Å². The lowest BCUT2D eigenvalue weighted by Gasteiger charge is -2.05. The summed E-state index contributed by atoms with van der Waals surface area (Å²) in [5, 5.41) is 2.96. The molecule has 1 rings (SSSR count). The Bertz CT molecular complexity index is 502. The Morgan fingerprint density at radius 3 is 2.71 bits per heavy atom. The Kier molecular flexibility index (Phi) is 4.92. The lowest BCUT2D eigenvalue weighted by molar-refractivity contribution is 0.0956. The van der Waals surface area contributed by atoms with E-state index in [1.165, 1.54) is 13.1 Å². The van der Waals surface area contributed by atoms with Crippen LogP contribution in [-0.4, -0.2) is 33.7 Å². The van der Waals surface area contributed by atoms with E-state index in [1.807, 2.05) is 0 Å². The maximum atomic E-state index is 11.6. The summed E-state index contributed by atoms with van der Waals surface area (Å²) >= 11 is 5.73. The predicted octanol–water partition coefficient (Wildman–Crippen LogP) is 0.619. The molecule has 0 aromatic heterocycles. The topological polar surface area (TPSA) is 75.3 Å². The second kappa shape index (κ2) is 6.00. The van der Waals surface area contributed by atoms with Crippen molar-refractivity contribution in [1.29, 1.82) is 0 Å². The van der Waals surface area contributed by atoms with Crippen LogP contribution in [0.4, 0.5) is 0 Å². The average molecular weight is 277 g/mol. The number of carbonyl (C=O) groups excluding carboxylic acids is 1. The van der Waals surface area contributed by atoms with Crippen LogP contribution in [0.2, 0.25) is 5.02 Å². The maximum absolute atomic E-state index is 11.6. The molecule has 94 valence electrons. The standard InChI is InChI=1S/C10H13ClN2O3S/c1-12-17(15,16)6-5-13-10(14)8-3-2-4-9(11)7-8/h2-4,7,12H,5-6H2,1H3,(H,13,14). The van der Waals surface area contributed by atoms with Gasteiger partial charge >= 0.3 is 0 Å². The first-order valence-corrected chi connectivity index (χ1v) is 6.92. The smallest absolute Gasteiger partial charge is 0.251 e. The van der Waals surface area contributed by atoms with Gasteiger partial charge in [0.2, 0.25) is 10.0 Å². The van der Waals surface area contributed by atoms with Crippen LogP contribution >= 0.6 is 11.6 Å². The van der Waals surface area contributed by atoms with E-state index in [1.54, 1.807) is 18.2 Å². The van der Waals surface area contributed by atoms with E-state index in [0.717, 1.165) is 0 Å². The number of hydrogen-bond donors (Lipinski definition) is 2. The SMILES string of the molecule is CNS(=O)(=O)CCNC(=O)c1cccc(Cl)c1. The molecule has 0 aliphatic heterocycles. The summed E-state index contributed by atoms with van der Waals surface area (Å²) in [5.74, 6) is -0.505. The third kappa shape index (κ3) is 4.72. The monoisotopic (exact) mass is 276 g/mol. The molecule has 0 aliphatic rings. The van der Waals surface area contributed by atoms with Crippen LogP contribution in [0, 0.1) is 0 Å². The minimum Gasteiger partial charge on any atom is -0.351 e. The molecule has 0 saturated heterocycles. The van der Waals surface area contributed by atoms with Crippen molar-refractivity contribution in [2.45, 2.75) is 0 Å². The summed E-state index contributed by atoms with van der Waals surface area (Å²) in [6.45, 7) is 0.0501. The van der Waals surface area contributed by atoms with E-state index in [-0.39, 0.29) is 18.2 Å². The van der Waals surface area contributed by atoms with Crippen LogP contribution in [0.1, 0.15) is 10.4 Å². The first kappa shape index (κ1) is 14.0. The summed E-state index contributed by atoms with van der Waals surface area (Å²) in [7, 11) is -1.97. The van der Waals surface area contributed by atoms with Crippen molar-refractivity contribution in [2.24, 2.45) is 0 Å². The first-order chi connectivity index (χ1) is 7.94. The largest absolute Gasteiger partial charge is 0.351 e. The van der Waals surface area contributed by atoms with E-state index in [4.69, 9.17) is 11.6 Å². The molecule has 7 heteroatoms. The van der Waals surface area contributed by atoms with E-state index >= 15 is 0 Å². The molecule has 17 heavy (non-hydrogen) atoms. The number of sulfonamides is 1. The van der Waals surface area contributed by atoms with Gasteiger partial charge < -0.3 is 5.32 Å². The van der Waals surface area contributed by atoms with Crippen molar-refractivity contribution < 1.29 is 13.2 Å². The predicted molar refractivity (Wildman–Crippen MR) is 66.6 cm³/mol. The molecule has 0 unspecified atom stereocenters. The molecule has 0 bridgehead atoms. The number of benzene rings is 1. The molecule has 2 N–H and O–H groups in total. The number of amides is 1. The van der Waals surface area contributed by atoms with E-state index in [9.17, 15) is 13.2 Å². The van der Waals surface area contributed by atoms with Crippen LogP contribution in [0.15, 0.2) is 24.3 Å². The molecule has 0 spiro atoms. The Morgan fingerprint density at radius 2 is 2.12 bits per heavy atom. The number of nitrogens with one attached hydrogen (secondary N) is 2. The van der Waals surface area contributed by atoms with Gasteiger partial charge in [-0.05, 0) is 25.2 Å². The minimum atomic E-state index is -3.30. The second-order valence-corrected chi connectivity index (χ2v) is 5.77. The van der Waals surface area contributed by atoms with Crippen molar-refractivity contribution >= 4 is 27.5 Å². The van der Waals surface area contributed by atoms with Gasteiger partial charge in [-0.25, -0.2) is 13.1 Å². The van der Waals surface area contributed by atoms with Crippen LogP contribution in [-0.2, 0) is 10.0 Å². The zero-order chi connectivity index (χ0) is 12.9. The van der Waals surface area contributed by atoms with Gasteiger partial charge in [0.1, 0.15) is 0 Å². The lowest BCUT2D eigenvalue weighted by Crippen LogP contribution is -2.32. The van der Waals surface area contributed by atoms with Crippen LogP contribution in [0.5, 0.6) is 0 Å². The Hall–Kier alpha value is -1.11. The fourth-order valence-corrected chi connectivity index (χ4v) is 1.90. The molecule has 1 aromatic rings. The summed E-state index contributed by atoms with van der Waals surface area (Å²) in [6, 6.07) is 6.43. The molecular formula is C10H13ClN2O3S. The normalized spacial score (nSPS) is 11.2. The molecule has 1 amide bonds. The van der Waals surface area contributed by atoms with E-state index < -0.39 is 10.0 Å². The van der Waals surface area contributed by atoms with Gasteiger partial charge in [0.05, 0.1) is 5.75 Å². The highest BCUT2D eigenvalue weighted by Crippen LogP contribution is 2.10. The van der Waals surface area contributed by atoms with Crippen molar-refractivity contribution in [1.82, 2.24) is 10.0 Å². The summed E-state index contributed by atoms with van der Waals surface area (Å²) < 4.78 is 24.3. The lowest BCUT2D eigenvalue weighted by atomic mass is 10.2. The minimum absolute atomic E-state index is 0.0501. The maximum Gasteiger partial charge on any atom is 0.251 e. The van der Waals surface area contributed by atoms with Gasteiger partial charge in [0.15, 0.2) is 0 Å². The number of rotatable bonds is 5. The quantitative estimate of drug-likeness (QED) is 0.828. The molecule has 1 aromatic carbocycles. The number of hydrogen-bond acceptors (Lipinski definition) is 3. The molecule has 0 radical (unpaired) electrons. The molecule has 0 atom stereocenters. The first-order valence-electron chi connectivity index (χ1n) is 4.89. The summed E-state index contributed by atoms with van der Waals surface area (Å²) in [4.78, 5) is 11.6. The van der Waals surface area contributed by atoms with Gasteiger partial charge in [-0.1, -0.05) is 17.7 Å². The van der Waals surface area contributed by atoms with Crippen molar-refractivity contribution in [3.05, 3.63) is 34.9 Å². The Balaban J connectivity index is 2.51. The van der Waals surface area contributed by atoms with E-state index in [2.05, 4.69) is 10.0 Å². The van der Waals surface area contributed by atoms with Gasteiger partial charge in [-0.2, -0.15) is 0 Å². The molecule has 0 aliphatic carbocycles. The number of carbonyl (C=O) groups is 1. The summed E-state index contributed by atoms with van der Waals surface area (Å²) in [6.07, 6.45) is 0. The zero-order valence-corrected chi connectivity index (χ0v) is 10.8. The molecule has 0 heterocycles. The van der Waals surface area contributed by atoms with Gasteiger partial charge in [0, 0.05) is 17.1 Å². The molecule has 0 saturated carbocycles. The third-order valence-electron chi connectivity index (χ3n) is 2.05. The Labute approximate surface area is 105 Å². The van der Waals surface area contributed by atoms with Crippen molar-refractivity contribution in [3.8, 4) is 0 Å². The molecular weight excluding hydrogens is 264 g/mol. The fraction of sp³-hybridized carbons (Fsp3) is 0.300. The second-order valence-electron chi connectivity index (χ2n) is 3.29. The molecule has 0 fully saturated rings. The third-order valence-corrected chi connectivity index (χ3v) is 3.65. The van der Waals surface area contributed by atoms with Crippen LogP contribution < -0.4 is 10.0 Å². The summed E-state index contributed by atoms with van der Waals surface area (Å²) in [5.41, 5.74) is 0.402. The highest BCUT2D eigenvalue weighted by Gasteiger charge is 2.09.